The Morgan fingerprint density at radius 1 is 0.852 bits per heavy atom. The molecule has 144 valence electrons. The molecule has 0 spiro atoms. The van der Waals surface area contributed by atoms with Gasteiger partial charge in [0.25, 0.3) is 0 Å². The monoisotopic (exact) mass is 371 g/mol. The number of primary amides is 1. The molecule has 6 nitrogen and oxygen atoms in total. The number of rotatable bonds is 9. The highest BCUT2D eigenvalue weighted by Crippen LogP contribution is 2.30. The SMILES string of the molecule is COc1ccc(C=C(CCc2ccc(OC)c(OC)c2)C(N)=O)cc1OC. The molecule has 2 rings (SSSR count). The van der Waals surface area contributed by atoms with Gasteiger partial charge in [-0.15, -0.1) is 0 Å². The van der Waals surface area contributed by atoms with Crippen LogP contribution in [0.2, 0.25) is 0 Å². The standard InChI is InChI=1S/C21H25NO5/c1-24-17-9-6-14(12-19(17)26-3)5-8-16(21(22)23)11-15-7-10-18(25-2)20(13-15)27-4/h6-7,9-13H,5,8H2,1-4H3,(H2,22,23). The van der Waals surface area contributed by atoms with Crippen molar-refractivity contribution in [3.05, 3.63) is 53.1 Å². The number of hydrogen-bond acceptors (Lipinski definition) is 5. The molecule has 0 aliphatic rings. The first-order valence-corrected chi connectivity index (χ1v) is 8.45. The molecule has 0 atom stereocenters. The Hall–Kier alpha value is -3.15. The van der Waals surface area contributed by atoms with Gasteiger partial charge >= 0.3 is 0 Å². The first-order chi connectivity index (χ1) is 13.0. The summed E-state index contributed by atoms with van der Waals surface area (Å²) in [6, 6.07) is 11.1. The Kier molecular flexibility index (Phi) is 7.11. The fourth-order valence-corrected chi connectivity index (χ4v) is 2.73. The third kappa shape index (κ3) is 5.17. The van der Waals surface area contributed by atoms with Crippen LogP contribution in [0.5, 0.6) is 23.0 Å². The summed E-state index contributed by atoms with van der Waals surface area (Å²) >= 11 is 0. The molecule has 0 heterocycles. The zero-order valence-corrected chi connectivity index (χ0v) is 16.1. The molecule has 6 heteroatoms. The van der Waals surface area contributed by atoms with Crippen LogP contribution in [0.25, 0.3) is 6.08 Å². The molecular formula is C21H25NO5. The van der Waals surface area contributed by atoms with E-state index < -0.39 is 5.91 Å². The molecule has 0 saturated carbocycles. The van der Waals surface area contributed by atoms with Crippen LogP contribution < -0.4 is 24.7 Å². The predicted octanol–water partition coefficient (Wildman–Crippen LogP) is 3.22. The van der Waals surface area contributed by atoms with Crippen molar-refractivity contribution in [2.75, 3.05) is 28.4 Å². The van der Waals surface area contributed by atoms with Crippen molar-refractivity contribution in [3.8, 4) is 23.0 Å². The van der Waals surface area contributed by atoms with E-state index in [1.54, 1.807) is 46.6 Å². The third-order valence-corrected chi connectivity index (χ3v) is 4.20. The number of benzene rings is 2. The zero-order chi connectivity index (χ0) is 19.8. The topological polar surface area (TPSA) is 80.0 Å². The minimum absolute atomic E-state index is 0.453. The quantitative estimate of drug-likeness (QED) is 0.685. The highest BCUT2D eigenvalue weighted by molar-refractivity contribution is 5.96. The summed E-state index contributed by atoms with van der Waals surface area (Å²) in [5.41, 5.74) is 7.93. The minimum Gasteiger partial charge on any atom is -0.493 e. The third-order valence-electron chi connectivity index (χ3n) is 4.20. The van der Waals surface area contributed by atoms with Crippen molar-refractivity contribution in [2.24, 2.45) is 5.73 Å². The molecule has 1 amide bonds. The summed E-state index contributed by atoms with van der Waals surface area (Å²) in [4.78, 5) is 11.9. The maximum atomic E-state index is 11.9. The van der Waals surface area contributed by atoms with E-state index in [0.717, 1.165) is 11.1 Å². The lowest BCUT2D eigenvalue weighted by Gasteiger charge is -2.11. The number of carbonyl (C=O) groups excluding carboxylic acids is 1. The molecule has 0 aliphatic carbocycles. The van der Waals surface area contributed by atoms with Crippen molar-refractivity contribution < 1.29 is 23.7 Å². The summed E-state index contributed by atoms with van der Waals surface area (Å²) < 4.78 is 21.1. The fraction of sp³-hybridized carbons (Fsp3) is 0.286. The molecule has 27 heavy (non-hydrogen) atoms. The fourth-order valence-electron chi connectivity index (χ4n) is 2.73. The van der Waals surface area contributed by atoms with Crippen LogP contribution in [0.4, 0.5) is 0 Å². The maximum absolute atomic E-state index is 11.9. The number of amides is 1. The lowest BCUT2D eigenvalue weighted by atomic mass is 10.0. The van der Waals surface area contributed by atoms with Crippen molar-refractivity contribution in [1.82, 2.24) is 0 Å². The van der Waals surface area contributed by atoms with Crippen LogP contribution >= 0.6 is 0 Å². The number of aryl methyl sites for hydroxylation is 1. The van der Waals surface area contributed by atoms with Crippen LogP contribution in [0, 0.1) is 0 Å². The average Bonchev–Trinajstić information content (AvgIpc) is 2.70. The Morgan fingerprint density at radius 3 is 1.96 bits per heavy atom. The van der Waals surface area contributed by atoms with Gasteiger partial charge in [-0.2, -0.15) is 0 Å². The Labute approximate surface area is 159 Å². The highest BCUT2D eigenvalue weighted by Gasteiger charge is 2.10. The second-order valence-corrected chi connectivity index (χ2v) is 5.84. The van der Waals surface area contributed by atoms with Crippen LogP contribution in [0.1, 0.15) is 17.5 Å². The molecule has 0 bridgehead atoms. The number of methoxy groups -OCH3 is 4. The smallest absolute Gasteiger partial charge is 0.244 e. The van der Waals surface area contributed by atoms with Gasteiger partial charge in [0, 0.05) is 5.57 Å². The molecule has 0 fully saturated rings. The Bertz CT molecular complexity index is 829. The molecule has 2 N–H and O–H groups in total. The molecule has 2 aromatic carbocycles. The van der Waals surface area contributed by atoms with E-state index in [-0.39, 0.29) is 0 Å². The second-order valence-electron chi connectivity index (χ2n) is 5.84. The predicted molar refractivity (Wildman–Crippen MR) is 105 cm³/mol. The Balaban J connectivity index is 2.21. The second kappa shape index (κ2) is 9.52. The van der Waals surface area contributed by atoms with Gasteiger partial charge in [0.15, 0.2) is 23.0 Å². The van der Waals surface area contributed by atoms with Crippen LogP contribution in [0.15, 0.2) is 42.0 Å². The van der Waals surface area contributed by atoms with Gasteiger partial charge in [-0.05, 0) is 54.3 Å². The van der Waals surface area contributed by atoms with Crippen molar-refractivity contribution in [3.63, 3.8) is 0 Å². The number of carbonyl (C=O) groups is 1. The van der Waals surface area contributed by atoms with Crippen LogP contribution in [-0.4, -0.2) is 34.3 Å². The van der Waals surface area contributed by atoms with E-state index in [9.17, 15) is 4.79 Å². The molecule has 0 aliphatic heterocycles. The lowest BCUT2D eigenvalue weighted by molar-refractivity contribution is -0.114. The van der Waals surface area contributed by atoms with E-state index in [4.69, 9.17) is 24.7 Å². The van der Waals surface area contributed by atoms with Gasteiger partial charge in [0.1, 0.15) is 0 Å². The lowest BCUT2D eigenvalue weighted by Crippen LogP contribution is -2.14. The summed E-state index contributed by atoms with van der Waals surface area (Å²) in [6.07, 6.45) is 2.91. The first-order valence-electron chi connectivity index (χ1n) is 8.45. The minimum atomic E-state index is -0.453. The number of hydrogen-bond donors (Lipinski definition) is 1. The van der Waals surface area contributed by atoms with Gasteiger partial charge in [-0.25, -0.2) is 0 Å². The van der Waals surface area contributed by atoms with Gasteiger partial charge < -0.3 is 24.7 Å². The van der Waals surface area contributed by atoms with Gasteiger partial charge in [-0.3, -0.25) is 4.79 Å². The van der Waals surface area contributed by atoms with E-state index in [1.807, 2.05) is 24.3 Å². The van der Waals surface area contributed by atoms with Gasteiger partial charge in [0.2, 0.25) is 5.91 Å². The van der Waals surface area contributed by atoms with Gasteiger partial charge in [0.05, 0.1) is 28.4 Å². The molecular weight excluding hydrogens is 346 g/mol. The molecule has 0 aromatic heterocycles. The molecule has 0 radical (unpaired) electrons. The van der Waals surface area contributed by atoms with Crippen molar-refractivity contribution >= 4 is 12.0 Å². The summed E-state index contributed by atoms with van der Waals surface area (Å²) in [5.74, 6) is 2.08. The van der Waals surface area contributed by atoms with Gasteiger partial charge in [-0.1, -0.05) is 12.1 Å². The molecule has 2 aromatic rings. The highest BCUT2D eigenvalue weighted by atomic mass is 16.5. The van der Waals surface area contributed by atoms with E-state index in [0.29, 0.717) is 41.4 Å². The average molecular weight is 371 g/mol. The largest absolute Gasteiger partial charge is 0.493 e. The van der Waals surface area contributed by atoms with Crippen molar-refractivity contribution in [2.45, 2.75) is 12.8 Å². The van der Waals surface area contributed by atoms with Crippen LogP contribution in [0.3, 0.4) is 0 Å². The molecule has 0 saturated heterocycles. The molecule has 0 unspecified atom stereocenters. The van der Waals surface area contributed by atoms with E-state index >= 15 is 0 Å². The maximum Gasteiger partial charge on any atom is 0.244 e. The van der Waals surface area contributed by atoms with E-state index in [2.05, 4.69) is 0 Å². The summed E-state index contributed by atoms with van der Waals surface area (Å²) in [5, 5.41) is 0. The Morgan fingerprint density at radius 2 is 1.41 bits per heavy atom. The first kappa shape index (κ1) is 20.2. The van der Waals surface area contributed by atoms with Crippen LogP contribution in [-0.2, 0) is 11.2 Å². The summed E-state index contributed by atoms with van der Waals surface area (Å²) in [7, 11) is 6.32. The number of nitrogens with two attached hydrogens (primary N) is 1. The van der Waals surface area contributed by atoms with E-state index in [1.165, 1.54) is 0 Å². The van der Waals surface area contributed by atoms with Crippen molar-refractivity contribution in [1.29, 1.82) is 0 Å². The summed E-state index contributed by atoms with van der Waals surface area (Å²) in [6.45, 7) is 0. The number of ether oxygens (including phenoxy) is 4. The zero-order valence-electron chi connectivity index (χ0n) is 16.1. The normalized spacial score (nSPS) is 11.0.